The quantitative estimate of drug-likeness (QED) is 0.819. The number of likely N-dealkylation sites (tertiary alicyclic amines) is 1. The maximum absolute atomic E-state index is 12.3. The molecule has 128 valence electrons. The van der Waals surface area contributed by atoms with Gasteiger partial charge in [0.05, 0.1) is 22.5 Å². The summed E-state index contributed by atoms with van der Waals surface area (Å²) in [5.74, 6) is 1.81. The third kappa shape index (κ3) is 2.81. The van der Waals surface area contributed by atoms with Gasteiger partial charge in [-0.05, 0) is 13.0 Å². The van der Waals surface area contributed by atoms with Gasteiger partial charge in [0.1, 0.15) is 11.9 Å². The van der Waals surface area contributed by atoms with Crippen molar-refractivity contribution in [2.75, 3.05) is 24.5 Å². The second-order valence-electron chi connectivity index (χ2n) is 6.33. The van der Waals surface area contributed by atoms with Crippen LogP contribution in [-0.2, 0) is 4.79 Å². The second-order valence-corrected chi connectivity index (χ2v) is 6.73. The van der Waals surface area contributed by atoms with Crippen molar-refractivity contribution in [3.8, 4) is 6.07 Å². The molecule has 0 radical (unpaired) electrons. The lowest BCUT2D eigenvalue weighted by Crippen LogP contribution is -2.60. The van der Waals surface area contributed by atoms with Gasteiger partial charge in [-0.3, -0.25) is 4.79 Å². The van der Waals surface area contributed by atoms with Gasteiger partial charge in [-0.2, -0.15) is 10.2 Å². The molecule has 0 N–H and O–H groups in total. The number of amides is 1. The van der Waals surface area contributed by atoms with Crippen LogP contribution in [0.4, 0.5) is 5.82 Å². The number of rotatable bonds is 3. The molecule has 2 saturated heterocycles. The van der Waals surface area contributed by atoms with E-state index in [0.717, 1.165) is 0 Å². The fraction of sp³-hybridized carbons (Fsp3) is 0.438. The smallest absolute Gasteiger partial charge is 0.232 e. The lowest BCUT2D eigenvalue weighted by atomic mass is 10.1. The van der Waals surface area contributed by atoms with Crippen LogP contribution in [0.2, 0.25) is 5.02 Å². The monoisotopic (exact) mass is 358 g/mol. The number of nitriles is 1. The van der Waals surface area contributed by atoms with Crippen molar-refractivity contribution in [1.82, 2.24) is 20.0 Å². The highest BCUT2D eigenvalue weighted by Crippen LogP contribution is 2.34. The number of carbonyl (C=O) groups is 1. The average Bonchev–Trinajstić information content (AvgIpc) is 3.14. The van der Waals surface area contributed by atoms with Crippen LogP contribution >= 0.6 is 11.6 Å². The first-order valence-electron chi connectivity index (χ1n) is 7.95. The standard InChI is InChI=1S/C16H15ClN6O2/c1-9-20-16(25-21-9)11-3-14(24)23(6-11)12-7-22(8-12)15-13(17)2-10(4-18)5-19-15/h2,5,11-12H,3,6-8H2,1H3. The summed E-state index contributed by atoms with van der Waals surface area (Å²) in [5, 5.41) is 13.1. The Balaban J connectivity index is 1.41. The number of carbonyl (C=O) groups excluding carboxylic acids is 1. The highest BCUT2D eigenvalue weighted by atomic mass is 35.5. The molecule has 1 atom stereocenters. The summed E-state index contributed by atoms with van der Waals surface area (Å²) < 4.78 is 5.20. The maximum atomic E-state index is 12.3. The molecule has 2 aromatic heterocycles. The van der Waals surface area contributed by atoms with E-state index in [1.165, 1.54) is 6.20 Å². The van der Waals surface area contributed by atoms with Crippen LogP contribution in [0.25, 0.3) is 0 Å². The Bertz CT molecular complexity index is 870. The van der Waals surface area contributed by atoms with Crippen LogP contribution in [0.3, 0.4) is 0 Å². The van der Waals surface area contributed by atoms with E-state index < -0.39 is 0 Å². The van der Waals surface area contributed by atoms with Gasteiger partial charge in [0.2, 0.25) is 11.8 Å². The molecule has 8 nitrogen and oxygen atoms in total. The Hall–Kier alpha value is -2.66. The van der Waals surface area contributed by atoms with Crippen molar-refractivity contribution in [3.05, 3.63) is 34.6 Å². The fourth-order valence-electron chi connectivity index (χ4n) is 3.28. The van der Waals surface area contributed by atoms with Gasteiger partial charge in [0.25, 0.3) is 0 Å². The van der Waals surface area contributed by atoms with Crippen molar-refractivity contribution >= 4 is 23.3 Å². The maximum Gasteiger partial charge on any atom is 0.232 e. The summed E-state index contributed by atoms with van der Waals surface area (Å²) in [7, 11) is 0. The molecule has 4 heterocycles. The van der Waals surface area contributed by atoms with Crippen molar-refractivity contribution in [1.29, 1.82) is 5.26 Å². The van der Waals surface area contributed by atoms with E-state index in [0.29, 0.717) is 54.2 Å². The summed E-state index contributed by atoms with van der Waals surface area (Å²) in [4.78, 5) is 24.7. The molecular formula is C16H15ClN6O2. The zero-order valence-electron chi connectivity index (χ0n) is 13.5. The molecule has 0 aromatic carbocycles. The summed E-state index contributed by atoms with van der Waals surface area (Å²) in [6, 6.07) is 3.74. The predicted octanol–water partition coefficient (Wildman–Crippen LogP) is 1.50. The Morgan fingerprint density at radius 1 is 1.40 bits per heavy atom. The van der Waals surface area contributed by atoms with Crippen LogP contribution in [0.15, 0.2) is 16.8 Å². The van der Waals surface area contributed by atoms with Gasteiger partial charge in [0.15, 0.2) is 5.82 Å². The lowest BCUT2D eigenvalue weighted by Gasteiger charge is -2.44. The second kappa shape index (κ2) is 6.01. The minimum Gasteiger partial charge on any atom is -0.351 e. The van der Waals surface area contributed by atoms with E-state index in [-0.39, 0.29) is 17.9 Å². The molecule has 2 aromatic rings. The van der Waals surface area contributed by atoms with Crippen LogP contribution < -0.4 is 4.90 Å². The van der Waals surface area contributed by atoms with Crippen LogP contribution in [0.5, 0.6) is 0 Å². The lowest BCUT2D eigenvalue weighted by molar-refractivity contribution is -0.130. The molecule has 4 rings (SSSR count). The van der Waals surface area contributed by atoms with Crippen LogP contribution in [0, 0.1) is 18.3 Å². The number of hydrogen-bond donors (Lipinski definition) is 0. The summed E-state index contributed by atoms with van der Waals surface area (Å²) in [6.45, 7) is 3.69. The van der Waals surface area contributed by atoms with E-state index >= 15 is 0 Å². The Labute approximate surface area is 149 Å². The van der Waals surface area contributed by atoms with Gasteiger partial charge in [-0.1, -0.05) is 16.8 Å². The summed E-state index contributed by atoms with van der Waals surface area (Å²) >= 11 is 6.19. The van der Waals surface area contributed by atoms with Crippen molar-refractivity contribution in [3.63, 3.8) is 0 Å². The van der Waals surface area contributed by atoms with Gasteiger partial charge >= 0.3 is 0 Å². The fourth-order valence-corrected chi connectivity index (χ4v) is 3.56. The Morgan fingerprint density at radius 2 is 2.20 bits per heavy atom. The van der Waals surface area contributed by atoms with Crippen LogP contribution in [0.1, 0.15) is 29.6 Å². The number of nitrogens with zero attached hydrogens (tertiary/aromatic N) is 6. The van der Waals surface area contributed by atoms with E-state index in [9.17, 15) is 4.79 Å². The predicted molar refractivity (Wildman–Crippen MR) is 88.1 cm³/mol. The molecule has 0 aliphatic carbocycles. The Kier molecular flexibility index (Phi) is 3.81. The average molecular weight is 359 g/mol. The van der Waals surface area contributed by atoms with E-state index in [1.807, 2.05) is 15.9 Å². The number of anilines is 1. The number of aryl methyl sites for hydroxylation is 1. The molecule has 2 aliphatic heterocycles. The first-order valence-corrected chi connectivity index (χ1v) is 8.33. The zero-order valence-corrected chi connectivity index (χ0v) is 14.3. The zero-order chi connectivity index (χ0) is 17.6. The highest BCUT2D eigenvalue weighted by Gasteiger charge is 2.42. The highest BCUT2D eigenvalue weighted by molar-refractivity contribution is 6.33. The SMILES string of the molecule is Cc1noc(C2CC(=O)N(C3CN(c4ncc(C#N)cc4Cl)C3)C2)n1. The van der Waals surface area contributed by atoms with E-state index in [1.54, 1.807) is 13.0 Å². The first kappa shape index (κ1) is 15.8. The van der Waals surface area contributed by atoms with Gasteiger partial charge in [-0.25, -0.2) is 4.98 Å². The number of halogens is 1. The first-order chi connectivity index (χ1) is 12.0. The minimum absolute atomic E-state index is 0.0422. The number of aromatic nitrogens is 3. The van der Waals surface area contributed by atoms with Crippen molar-refractivity contribution in [2.24, 2.45) is 0 Å². The van der Waals surface area contributed by atoms with E-state index in [2.05, 4.69) is 15.1 Å². The molecule has 2 aliphatic rings. The van der Waals surface area contributed by atoms with Crippen molar-refractivity contribution < 1.29 is 9.32 Å². The third-order valence-corrected chi connectivity index (χ3v) is 4.88. The molecule has 1 amide bonds. The number of pyridine rings is 1. The topological polar surface area (TPSA) is 99.2 Å². The van der Waals surface area contributed by atoms with Crippen LogP contribution in [-0.4, -0.2) is 51.6 Å². The minimum atomic E-state index is -0.0422. The molecule has 2 fully saturated rings. The normalized spacial score (nSPS) is 20.7. The van der Waals surface area contributed by atoms with Gasteiger partial charge < -0.3 is 14.3 Å². The Morgan fingerprint density at radius 3 is 2.84 bits per heavy atom. The largest absolute Gasteiger partial charge is 0.351 e. The molecule has 0 spiro atoms. The van der Waals surface area contributed by atoms with Gasteiger partial charge in [-0.15, -0.1) is 0 Å². The number of hydrogen-bond acceptors (Lipinski definition) is 7. The summed E-state index contributed by atoms with van der Waals surface area (Å²) in [6.07, 6.45) is 1.90. The molecule has 1 unspecified atom stereocenters. The molecule has 0 saturated carbocycles. The molecule has 9 heteroatoms. The third-order valence-electron chi connectivity index (χ3n) is 4.60. The molecular weight excluding hydrogens is 344 g/mol. The molecule has 25 heavy (non-hydrogen) atoms. The molecule has 0 bridgehead atoms. The summed E-state index contributed by atoms with van der Waals surface area (Å²) in [5.41, 5.74) is 0.429. The van der Waals surface area contributed by atoms with Crippen molar-refractivity contribution in [2.45, 2.75) is 25.3 Å². The van der Waals surface area contributed by atoms with E-state index in [4.69, 9.17) is 21.4 Å². The van der Waals surface area contributed by atoms with Gasteiger partial charge in [0, 0.05) is 32.3 Å².